The largest absolute Gasteiger partial charge is 0.508 e. The van der Waals surface area contributed by atoms with E-state index in [-0.39, 0.29) is 35.8 Å². The second-order valence-electron chi connectivity index (χ2n) is 12.1. The summed E-state index contributed by atoms with van der Waals surface area (Å²) < 4.78 is 0. The molecule has 43 heavy (non-hydrogen) atoms. The van der Waals surface area contributed by atoms with Crippen LogP contribution >= 0.6 is 11.6 Å². The third-order valence-corrected chi connectivity index (χ3v) is 10.4. The van der Waals surface area contributed by atoms with E-state index in [4.69, 9.17) is 11.6 Å². The Kier molecular flexibility index (Phi) is 6.36. The van der Waals surface area contributed by atoms with E-state index < -0.39 is 35.0 Å². The van der Waals surface area contributed by atoms with Crippen LogP contribution in [0.1, 0.15) is 42.4 Å². The van der Waals surface area contributed by atoms with Crippen molar-refractivity contribution >= 4 is 40.9 Å². The Bertz CT molecular complexity index is 1730. The van der Waals surface area contributed by atoms with E-state index >= 15 is 4.79 Å². The van der Waals surface area contributed by atoms with Gasteiger partial charge in [-0.25, -0.2) is 4.90 Å². The number of aryl methyl sites for hydroxylation is 1. The Labute approximate surface area is 254 Å². The number of aromatic hydroxyl groups is 1. The Morgan fingerprint density at radius 3 is 2.37 bits per heavy atom. The first kappa shape index (κ1) is 27.6. The van der Waals surface area contributed by atoms with Gasteiger partial charge in [0, 0.05) is 17.5 Å². The molecule has 2 aliphatic carbocycles. The van der Waals surface area contributed by atoms with Crippen LogP contribution in [0.25, 0.3) is 0 Å². The van der Waals surface area contributed by atoms with Crippen molar-refractivity contribution in [2.75, 3.05) is 11.4 Å². The summed E-state index contributed by atoms with van der Waals surface area (Å²) >= 11 is 6.34. The van der Waals surface area contributed by atoms with E-state index in [9.17, 15) is 19.5 Å². The van der Waals surface area contributed by atoms with Crippen molar-refractivity contribution in [3.63, 3.8) is 0 Å². The van der Waals surface area contributed by atoms with E-state index in [1.54, 1.807) is 44.2 Å². The van der Waals surface area contributed by atoms with Crippen molar-refractivity contribution in [2.45, 2.75) is 38.0 Å². The number of hydrogen-bond acceptors (Lipinski definition) is 5. The number of carbonyl (C=O) groups excluding carboxylic acids is 4. The van der Waals surface area contributed by atoms with Gasteiger partial charge in [0.25, 0.3) is 0 Å². The minimum absolute atomic E-state index is 0.128. The van der Waals surface area contributed by atoms with Crippen molar-refractivity contribution in [1.82, 2.24) is 4.90 Å². The van der Waals surface area contributed by atoms with Gasteiger partial charge >= 0.3 is 0 Å². The first-order valence-corrected chi connectivity index (χ1v) is 15.1. The molecular weight excluding hydrogens is 564 g/mol. The van der Waals surface area contributed by atoms with Crippen LogP contribution in [0, 0.1) is 30.6 Å². The number of amides is 4. The minimum Gasteiger partial charge on any atom is -0.508 e. The second kappa shape index (κ2) is 9.91. The van der Waals surface area contributed by atoms with E-state index in [1.807, 2.05) is 48.5 Å². The molecule has 7 nitrogen and oxygen atoms in total. The van der Waals surface area contributed by atoms with Crippen LogP contribution in [0.3, 0.4) is 0 Å². The molecule has 0 bridgehead atoms. The predicted molar refractivity (Wildman–Crippen MR) is 161 cm³/mol. The van der Waals surface area contributed by atoms with Gasteiger partial charge in [-0.15, -0.1) is 0 Å². The molecule has 6 unspecified atom stereocenters. The molecule has 7 rings (SSSR count). The highest BCUT2D eigenvalue weighted by Gasteiger charge is 2.70. The van der Waals surface area contributed by atoms with E-state index in [0.29, 0.717) is 34.8 Å². The van der Waals surface area contributed by atoms with Crippen LogP contribution in [0.2, 0.25) is 5.02 Å². The van der Waals surface area contributed by atoms with Gasteiger partial charge in [-0.3, -0.25) is 24.1 Å². The summed E-state index contributed by atoms with van der Waals surface area (Å²) in [6.45, 7) is 3.90. The molecule has 8 heteroatoms. The maximum Gasteiger partial charge on any atom is 0.246 e. The second-order valence-corrected chi connectivity index (χ2v) is 12.5. The summed E-state index contributed by atoms with van der Waals surface area (Å²) in [6.07, 6.45) is 2.69. The number of likely N-dealkylation sites (tertiary alicyclic amines) is 1. The number of phenols is 1. The van der Waals surface area contributed by atoms with Crippen molar-refractivity contribution in [3.05, 3.63) is 106 Å². The van der Waals surface area contributed by atoms with Crippen LogP contribution in [0.15, 0.2) is 84.4 Å². The monoisotopic (exact) mass is 594 g/mol. The average Bonchev–Trinajstić information content (AvgIpc) is 3.39. The molecule has 2 saturated heterocycles. The number of allylic oxidation sites excluding steroid dienone is 2. The molecule has 4 aliphatic rings. The lowest BCUT2D eigenvalue weighted by atomic mass is 9.49. The molecular formula is C35H31ClN2O5. The summed E-state index contributed by atoms with van der Waals surface area (Å²) in [5, 5.41) is 10.9. The first-order valence-electron chi connectivity index (χ1n) is 14.7. The predicted octanol–water partition coefficient (Wildman–Crippen LogP) is 5.54. The first-order chi connectivity index (χ1) is 20.7. The fourth-order valence-corrected chi connectivity index (χ4v) is 8.54. The van der Waals surface area contributed by atoms with Crippen LogP contribution in [0.4, 0.5) is 5.69 Å². The van der Waals surface area contributed by atoms with Crippen LogP contribution in [-0.2, 0) is 24.6 Å². The van der Waals surface area contributed by atoms with Gasteiger partial charge in [0.15, 0.2) is 0 Å². The van der Waals surface area contributed by atoms with Gasteiger partial charge in [0.05, 0.1) is 28.9 Å². The van der Waals surface area contributed by atoms with Crippen molar-refractivity contribution in [2.24, 2.45) is 23.7 Å². The molecule has 2 aliphatic heterocycles. The SMILES string of the molecule is CCN1C(=O)C2CC=C3C(CC4C(=O)N(c5cccc(Cl)c5)C(=O)C4(c4ccccc4)C3c3ccc(O)c(C)c3)C2C1=O. The molecule has 0 aromatic heterocycles. The number of benzene rings is 3. The molecule has 1 saturated carbocycles. The summed E-state index contributed by atoms with van der Waals surface area (Å²) in [7, 11) is 0. The van der Waals surface area contributed by atoms with E-state index in [1.165, 1.54) is 9.80 Å². The van der Waals surface area contributed by atoms with Crippen molar-refractivity contribution in [3.8, 4) is 5.75 Å². The number of rotatable bonds is 4. The molecule has 1 N–H and O–H groups in total. The molecule has 0 radical (unpaired) electrons. The number of hydrogen-bond donors (Lipinski definition) is 1. The van der Waals surface area contributed by atoms with Crippen molar-refractivity contribution in [1.29, 1.82) is 0 Å². The molecule has 6 atom stereocenters. The standard InChI is InChI=1S/C35H31ClN2O5/c1-3-37-31(40)25-14-13-24-26(29(25)33(37)42)18-27-32(41)38(23-11-7-10-22(36)17-23)34(43)35(27,21-8-5-4-6-9-21)30(24)20-12-15-28(39)19(2)16-20/h4-13,15-17,25-27,29-30,39H,3,14,18H2,1-2H3. The Morgan fingerprint density at radius 1 is 0.907 bits per heavy atom. The highest BCUT2D eigenvalue weighted by Crippen LogP contribution is 2.64. The van der Waals surface area contributed by atoms with Gasteiger partial charge in [-0.05, 0) is 73.6 Å². The number of nitrogens with zero attached hydrogens (tertiary/aromatic N) is 2. The van der Waals surface area contributed by atoms with Crippen LogP contribution < -0.4 is 4.90 Å². The smallest absolute Gasteiger partial charge is 0.246 e. The summed E-state index contributed by atoms with van der Waals surface area (Å²) in [6, 6.07) is 21.4. The third-order valence-electron chi connectivity index (χ3n) is 10.1. The Balaban J connectivity index is 1.51. The zero-order chi connectivity index (χ0) is 30.2. The molecule has 3 fully saturated rings. The van der Waals surface area contributed by atoms with Gasteiger partial charge in [-0.2, -0.15) is 0 Å². The maximum atomic E-state index is 15.1. The summed E-state index contributed by atoms with van der Waals surface area (Å²) in [5.74, 6) is -3.83. The van der Waals surface area contributed by atoms with E-state index in [2.05, 4.69) is 0 Å². The number of fused-ring (bicyclic) bond motifs is 4. The lowest BCUT2D eigenvalue weighted by molar-refractivity contribution is -0.140. The van der Waals surface area contributed by atoms with Gasteiger partial charge in [-0.1, -0.05) is 71.8 Å². The molecule has 3 aromatic carbocycles. The molecule has 4 amide bonds. The lowest BCUT2D eigenvalue weighted by Gasteiger charge is -2.50. The zero-order valence-electron chi connectivity index (χ0n) is 23.9. The number of anilines is 1. The molecule has 218 valence electrons. The number of halogens is 1. The lowest BCUT2D eigenvalue weighted by Crippen LogP contribution is -2.53. The number of carbonyl (C=O) groups is 4. The fraction of sp³-hybridized carbons (Fsp3) is 0.314. The highest BCUT2D eigenvalue weighted by molar-refractivity contribution is 6.32. The highest BCUT2D eigenvalue weighted by atomic mass is 35.5. The quantitative estimate of drug-likeness (QED) is 0.316. The number of phenolic OH excluding ortho intramolecular Hbond substituents is 1. The van der Waals surface area contributed by atoms with Crippen molar-refractivity contribution < 1.29 is 24.3 Å². The zero-order valence-corrected chi connectivity index (χ0v) is 24.6. The normalized spacial score (nSPS) is 29.8. The third kappa shape index (κ3) is 3.73. The minimum atomic E-state index is -1.32. The maximum absolute atomic E-state index is 15.1. The van der Waals surface area contributed by atoms with Gasteiger partial charge < -0.3 is 5.11 Å². The summed E-state index contributed by atoms with van der Waals surface area (Å²) in [5.41, 5.74) is 2.10. The topological polar surface area (TPSA) is 95.0 Å². The van der Waals surface area contributed by atoms with Gasteiger partial charge in [0.1, 0.15) is 5.75 Å². The Hall–Kier alpha value is -4.23. The fourth-order valence-electron chi connectivity index (χ4n) is 8.35. The van der Waals surface area contributed by atoms with Gasteiger partial charge in [0.2, 0.25) is 23.6 Å². The van der Waals surface area contributed by atoms with Crippen LogP contribution in [0.5, 0.6) is 5.75 Å². The molecule has 0 spiro atoms. The van der Waals surface area contributed by atoms with Crippen LogP contribution in [-0.4, -0.2) is 40.2 Å². The molecule has 3 aromatic rings. The van der Waals surface area contributed by atoms with E-state index in [0.717, 1.165) is 11.1 Å². The molecule has 2 heterocycles. The number of imide groups is 2. The Morgan fingerprint density at radius 2 is 1.67 bits per heavy atom. The summed E-state index contributed by atoms with van der Waals surface area (Å²) in [4.78, 5) is 59.4. The average molecular weight is 595 g/mol.